The maximum Gasteiger partial charge on any atom is 0.237 e. The van der Waals surface area contributed by atoms with Gasteiger partial charge in [-0.1, -0.05) is 55.7 Å². The highest BCUT2D eigenvalue weighted by molar-refractivity contribution is 5.88. The molecular formula is C20H26N2O3. The molecule has 0 aliphatic heterocycles. The van der Waals surface area contributed by atoms with Crippen molar-refractivity contribution in [1.82, 2.24) is 5.32 Å². The van der Waals surface area contributed by atoms with Gasteiger partial charge in [-0.05, 0) is 24.3 Å². The molecule has 0 spiro atoms. The van der Waals surface area contributed by atoms with E-state index in [-0.39, 0.29) is 19.1 Å². The summed E-state index contributed by atoms with van der Waals surface area (Å²) in [6.07, 6.45) is 3.86. The molecule has 5 heteroatoms. The van der Waals surface area contributed by atoms with Gasteiger partial charge < -0.3 is 20.9 Å². The van der Waals surface area contributed by atoms with E-state index in [9.17, 15) is 9.90 Å². The molecule has 134 valence electrons. The van der Waals surface area contributed by atoms with Gasteiger partial charge in [0, 0.05) is 11.9 Å². The van der Waals surface area contributed by atoms with Crippen LogP contribution in [0.1, 0.15) is 32.1 Å². The Morgan fingerprint density at radius 3 is 2.64 bits per heavy atom. The molecule has 1 unspecified atom stereocenters. The molecule has 3 rings (SSSR count). The summed E-state index contributed by atoms with van der Waals surface area (Å²) >= 11 is 0. The van der Waals surface area contributed by atoms with Gasteiger partial charge >= 0.3 is 0 Å². The summed E-state index contributed by atoms with van der Waals surface area (Å²) in [5.74, 6) is 0.425. The van der Waals surface area contributed by atoms with E-state index in [1.54, 1.807) is 0 Å². The van der Waals surface area contributed by atoms with Gasteiger partial charge in [0.2, 0.25) is 5.91 Å². The van der Waals surface area contributed by atoms with Gasteiger partial charge in [0.25, 0.3) is 0 Å². The minimum Gasteiger partial charge on any atom is -0.490 e. The largest absolute Gasteiger partial charge is 0.490 e. The number of benzene rings is 2. The van der Waals surface area contributed by atoms with Crippen LogP contribution in [0.4, 0.5) is 0 Å². The van der Waals surface area contributed by atoms with Crippen LogP contribution in [0.25, 0.3) is 10.8 Å². The number of fused-ring (bicyclic) bond motifs is 1. The molecule has 5 nitrogen and oxygen atoms in total. The third kappa shape index (κ3) is 4.11. The lowest BCUT2D eigenvalue weighted by atomic mass is 9.81. The van der Waals surface area contributed by atoms with Crippen LogP contribution in [0.3, 0.4) is 0 Å². The molecule has 0 heterocycles. The number of nitrogens with two attached hydrogens (primary N) is 1. The van der Waals surface area contributed by atoms with Crippen molar-refractivity contribution in [3.05, 3.63) is 42.5 Å². The number of amides is 1. The number of hydrogen-bond acceptors (Lipinski definition) is 4. The van der Waals surface area contributed by atoms with Crippen molar-refractivity contribution in [2.45, 2.75) is 43.7 Å². The number of β-amino-alcohol motifs (C(OH)–C–C–N with tert-alkyl or cyclic N) is 1. The zero-order valence-corrected chi connectivity index (χ0v) is 14.4. The fourth-order valence-corrected chi connectivity index (χ4v) is 3.55. The van der Waals surface area contributed by atoms with Crippen LogP contribution in [0, 0.1) is 0 Å². The topological polar surface area (TPSA) is 84.6 Å². The van der Waals surface area contributed by atoms with E-state index in [4.69, 9.17) is 10.5 Å². The van der Waals surface area contributed by atoms with E-state index >= 15 is 0 Å². The Labute approximate surface area is 148 Å². The summed E-state index contributed by atoms with van der Waals surface area (Å²) < 4.78 is 5.81. The van der Waals surface area contributed by atoms with E-state index < -0.39 is 11.6 Å². The molecule has 0 saturated heterocycles. The van der Waals surface area contributed by atoms with Crippen LogP contribution < -0.4 is 15.8 Å². The Balaban J connectivity index is 1.57. The third-order valence-electron chi connectivity index (χ3n) is 5.04. The Morgan fingerprint density at radius 2 is 1.88 bits per heavy atom. The Bertz CT molecular complexity index is 720. The molecule has 1 fully saturated rings. The molecule has 2 aromatic carbocycles. The molecular weight excluding hydrogens is 316 g/mol. The normalized spacial score (nSPS) is 18.0. The molecule has 1 aliphatic carbocycles. The number of nitrogens with one attached hydrogen (secondary N) is 1. The van der Waals surface area contributed by atoms with Gasteiger partial charge in [0.1, 0.15) is 18.5 Å². The van der Waals surface area contributed by atoms with Gasteiger partial charge in [0.15, 0.2) is 0 Å². The number of primary amides is 1. The number of ether oxygens (including phenoxy) is 1. The van der Waals surface area contributed by atoms with Crippen molar-refractivity contribution in [1.29, 1.82) is 0 Å². The smallest absolute Gasteiger partial charge is 0.237 e. The summed E-state index contributed by atoms with van der Waals surface area (Å²) in [5, 5.41) is 15.6. The first-order valence-electron chi connectivity index (χ1n) is 8.94. The predicted octanol–water partition coefficient (Wildman–Crippen LogP) is 2.36. The monoisotopic (exact) mass is 342 g/mol. The van der Waals surface area contributed by atoms with Crippen LogP contribution in [0.2, 0.25) is 0 Å². The van der Waals surface area contributed by atoms with Crippen LogP contribution in [0.5, 0.6) is 5.75 Å². The van der Waals surface area contributed by atoms with Crippen molar-refractivity contribution in [3.8, 4) is 5.75 Å². The molecule has 0 aromatic heterocycles. The van der Waals surface area contributed by atoms with Gasteiger partial charge in [-0.2, -0.15) is 0 Å². The Morgan fingerprint density at radius 1 is 1.16 bits per heavy atom. The SMILES string of the molecule is NC(=O)C1(NCC(O)COc2cccc3ccccc23)CCCCC1. The zero-order valence-electron chi connectivity index (χ0n) is 14.4. The molecule has 1 aliphatic rings. The second-order valence-corrected chi connectivity index (χ2v) is 6.83. The van der Waals surface area contributed by atoms with E-state index in [0.29, 0.717) is 0 Å². The van der Waals surface area contributed by atoms with E-state index in [1.165, 1.54) is 0 Å². The van der Waals surface area contributed by atoms with Crippen LogP contribution in [0.15, 0.2) is 42.5 Å². The quantitative estimate of drug-likeness (QED) is 0.721. The molecule has 2 aromatic rings. The average molecular weight is 342 g/mol. The first kappa shape index (κ1) is 17.7. The highest BCUT2D eigenvalue weighted by Gasteiger charge is 2.37. The van der Waals surface area contributed by atoms with E-state index in [0.717, 1.165) is 48.6 Å². The number of aliphatic hydroxyl groups excluding tert-OH is 1. The summed E-state index contributed by atoms with van der Waals surface area (Å²) in [7, 11) is 0. The molecule has 1 amide bonds. The second kappa shape index (κ2) is 7.85. The van der Waals surface area contributed by atoms with Crippen LogP contribution in [-0.2, 0) is 4.79 Å². The number of carbonyl (C=O) groups is 1. The third-order valence-corrected chi connectivity index (χ3v) is 5.04. The first-order valence-corrected chi connectivity index (χ1v) is 8.94. The maximum atomic E-state index is 11.9. The zero-order chi connectivity index (χ0) is 17.7. The highest BCUT2D eigenvalue weighted by atomic mass is 16.5. The lowest BCUT2D eigenvalue weighted by molar-refractivity contribution is -0.126. The van der Waals surface area contributed by atoms with Crippen molar-refractivity contribution in [2.24, 2.45) is 5.73 Å². The molecule has 1 atom stereocenters. The Kier molecular flexibility index (Phi) is 5.56. The van der Waals surface area contributed by atoms with Crippen molar-refractivity contribution in [3.63, 3.8) is 0 Å². The molecule has 0 bridgehead atoms. The molecule has 0 radical (unpaired) electrons. The van der Waals surface area contributed by atoms with E-state index in [1.807, 2.05) is 42.5 Å². The summed E-state index contributed by atoms with van der Waals surface area (Å²) in [6, 6.07) is 13.8. The highest BCUT2D eigenvalue weighted by Crippen LogP contribution is 2.28. The number of hydrogen-bond donors (Lipinski definition) is 3. The molecule has 4 N–H and O–H groups in total. The van der Waals surface area contributed by atoms with Gasteiger partial charge in [0.05, 0.1) is 5.54 Å². The summed E-state index contributed by atoms with van der Waals surface area (Å²) in [5.41, 5.74) is 4.92. The predicted molar refractivity (Wildman–Crippen MR) is 98.5 cm³/mol. The van der Waals surface area contributed by atoms with Gasteiger partial charge in [-0.3, -0.25) is 4.79 Å². The van der Waals surface area contributed by atoms with Crippen LogP contribution in [-0.4, -0.2) is 35.8 Å². The summed E-state index contributed by atoms with van der Waals surface area (Å²) in [6.45, 7) is 0.448. The summed E-state index contributed by atoms with van der Waals surface area (Å²) in [4.78, 5) is 11.9. The van der Waals surface area contributed by atoms with Crippen molar-refractivity contribution < 1.29 is 14.6 Å². The first-order chi connectivity index (χ1) is 12.1. The average Bonchev–Trinajstić information content (AvgIpc) is 2.65. The Hall–Kier alpha value is -2.11. The molecule has 25 heavy (non-hydrogen) atoms. The number of carbonyl (C=O) groups excluding carboxylic acids is 1. The standard InChI is InChI=1S/C20H26N2O3/c21-19(24)20(11-4-1-5-12-20)22-13-16(23)14-25-18-10-6-8-15-7-2-3-9-17(15)18/h2-3,6-10,16,22-23H,1,4-5,11-14H2,(H2,21,24). The molecule has 1 saturated carbocycles. The number of aliphatic hydroxyl groups is 1. The van der Waals surface area contributed by atoms with Gasteiger partial charge in [-0.15, -0.1) is 0 Å². The van der Waals surface area contributed by atoms with Crippen molar-refractivity contribution >= 4 is 16.7 Å². The lowest BCUT2D eigenvalue weighted by Gasteiger charge is -2.36. The minimum absolute atomic E-state index is 0.163. The lowest BCUT2D eigenvalue weighted by Crippen LogP contribution is -2.58. The minimum atomic E-state index is -0.711. The fraction of sp³-hybridized carbons (Fsp3) is 0.450. The van der Waals surface area contributed by atoms with Crippen molar-refractivity contribution in [2.75, 3.05) is 13.2 Å². The fourth-order valence-electron chi connectivity index (χ4n) is 3.55. The number of rotatable bonds is 7. The maximum absolute atomic E-state index is 11.9. The van der Waals surface area contributed by atoms with Crippen LogP contribution >= 0.6 is 0 Å². The van der Waals surface area contributed by atoms with Gasteiger partial charge in [-0.25, -0.2) is 0 Å². The van der Waals surface area contributed by atoms with E-state index in [2.05, 4.69) is 5.32 Å². The second-order valence-electron chi connectivity index (χ2n) is 6.83.